The Bertz CT molecular complexity index is 964. The Kier molecular flexibility index (Phi) is 6.53. The highest BCUT2D eigenvalue weighted by atomic mass is 19.1. The van der Waals surface area contributed by atoms with Gasteiger partial charge in [0, 0.05) is 31.5 Å². The molecule has 146 valence electrons. The van der Waals surface area contributed by atoms with Crippen LogP contribution in [0.1, 0.15) is 41.9 Å². The number of nitrogens with one attached hydrogen (secondary N) is 1. The van der Waals surface area contributed by atoms with Crippen LogP contribution in [0.3, 0.4) is 0 Å². The molecule has 3 rings (SSSR count). The number of aryl methyl sites for hydroxylation is 2. The zero-order valence-corrected chi connectivity index (χ0v) is 16.0. The van der Waals surface area contributed by atoms with Crippen molar-refractivity contribution < 1.29 is 14.0 Å². The van der Waals surface area contributed by atoms with Crippen LogP contribution in [0, 0.1) is 12.7 Å². The first-order valence-corrected chi connectivity index (χ1v) is 9.52. The Balaban J connectivity index is 1.36. The van der Waals surface area contributed by atoms with Crippen molar-refractivity contribution in [1.82, 2.24) is 14.9 Å². The van der Waals surface area contributed by atoms with E-state index in [1.807, 2.05) is 31.2 Å². The van der Waals surface area contributed by atoms with E-state index in [2.05, 4.69) is 14.9 Å². The monoisotopic (exact) mass is 381 g/mol. The molecular formula is C22H24FN3O2. The van der Waals surface area contributed by atoms with Gasteiger partial charge in [-0.3, -0.25) is 9.59 Å². The number of imidazole rings is 1. The minimum absolute atomic E-state index is 0.0564. The van der Waals surface area contributed by atoms with E-state index in [1.165, 1.54) is 24.3 Å². The molecule has 1 amide bonds. The summed E-state index contributed by atoms with van der Waals surface area (Å²) < 4.78 is 15.0. The van der Waals surface area contributed by atoms with Crippen molar-refractivity contribution in [2.75, 3.05) is 6.54 Å². The predicted octanol–water partition coefficient (Wildman–Crippen LogP) is 4.04. The van der Waals surface area contributed by atoms with Crippen molar-refractivity contribution in [2.24, 2.45) is 0 Å². The number of nitrogens with zero attached hydrogens (tertiary/aromatic N) is 2. The Hall–Kier alpha value is -3.02. The molecule has 0 bridgehead atoms. The molecule has 0 unspecified atom stereocenters. The fraction of sp³-hybridized carbons (Fsp3) is 0.318. The van der Waals surface area contributed by atoms with Gasteiger partial charge in [0.25, 0.3) is 0 Å². The molecule has 0 aliphatic carbocycles. The van der Waals surface area contributed by atoms with E-state index >= 15 is 0 Å². The molecule has 5 nitrogen and oxygen atoms in total. The van der Waals surface area contributed by atoms with Crippen LogP contribution in [0.2, 0.25) is 0 Å². The lowest BCUT2D eigenvalue weighted by molar-refractivity contribution is -0.121. The van der Waals surface area contributed by atoms with Gasteiger partial charge in [0.1, 0.15) is 11.6 Å². The van der Waals surface area contributed by atoms with Crippen LogP contribution < -0.4 is 5.32 Å². The lowest BCUT2D eigenvalue weighted by Gasteiger charge is -2.08. The maximum Gasteiger partial charge on any atom is 0.220 e. The Labute approximate surface area is 163 Å². The molecule has 0 spiro atoms. The van der Waals surface area contributed by atoms with Gasteiger partial charge < -0.3 is 9.88 Å². The SMILES string of the molecule is Cc1nc2ccccc2n1CCCNC(=O)CCCC(=O)c1ccc(F)cc1. The Morgan fingerprint density at radius 1 is 1.04 bits per heavy atom. The van der Waals surface area contributed by atoms with E-state index in [9.17, 15) is 14.0 Å². The third-order valence-corrected chi connectivity index (χ3v) is 4.70. The number of benzene rings is 2. The van der Waals surface area contributed by atoms with Crippen molar-refractivity contribution in [1.29, 1.82) is 0 Å². The number of fused-ring (bicyclic) bond motifs is 1. The first-order valence-electron chi connectivity index (χ1n) is 9.52. The molecule has 0 radical (unpaired) electrons. The van der Waals surface area contributed by atoms with Gasteiger partial charge in [-0.25, -0.2) is 9.37 Å². The lowest BCUT2D eigenvalue weighted by Crippen LogP contribution is -2.25. The van der Waals surface area contributed by atoms with E-state index in [0.29, 0.717) is 24.9 Å². The quantitative estimate of drug-likeness (QED) is 0.449. The van der Waals surface area contributed by atoms with Crippen LogP contribution in [0.5, 0.6) is 0 Å². The summed E-state index contributed by atoms with van der Waals surface area (Å²) in [5, 5.41) is 2.90. The number of hydrogen-bond acceptors (Lipinski definition) is 3. The number of hydrogen-bond donors (Lipinski definition) is 1. The molecule has 28 heavy (non-hydrogen) atoms. The van der Waals surface area contributed by atoms with Gasteiger partial charge in [-0.2, -0.15) is 0 Å². The van der Waals surface area contributed by atoms with Crippen LogP contribution in [-0.4, -0.2) is 27.8 Å². The highest BCUT2D eigenvalue weighted by Gasteiger charge is 2.09. The minimum Gasteiger partial charge on any atom is -0.356 e. The molecule has 1 heterocycles. The van der Waals surface area contributed by atoms with Crippen molar-refractivity contribution in [2.45, 2.75) is 39.2 Å². The molecule has 2 aromatic carbocycles. The summed E-state index contributed by atoms with van der Waals surface area (Å²) in [6.07, 6.45) is 1.87. The highest BCUT2D eigenvalue weighted by molar-refractivity contribution is 5.96. The van der Waals surface area contributed by atoms with E-state index in [4.69, 9.17) is 0 Å². The van der Waals surface area contributed by atoms with Crippen LogP contribution in [0.4, 0.5) is 4.39 Å². The van der Waals surface area contributed by atoms with Gasteiger partial charge in [-0.1, -0.05) is 12.1 Å². The zero-order valence-electron chi connectivity index (χ0n) is 16.0. The molecule has 0 aliphatic heterocycles. The number of amides is 1. The molecule has 6 heteroatoms. The average Bonchev–Trinajstić information content (AvgIpc) is 3.01. The average molecular weight is 381 g/mol. The summed E-state index contributed by atoms with van der Waals surface area (Å²) in [7, 11) is 0. The van der Waals surface area contributed by atoms with Gasteiger partial charge in [0.05, 0.1) is 11.0 Å². The number of halogens is 1. The minimum atomic E-state index is -0.366. The molecule has 0 fully saturated rings. The second-order valence-electron chi connectivity index (χ2n) is 6.79. The number of carbonyl (C=O) groups is 2. The van der Waals surface area contributed by atoms with Crippen molar-refractivity contribution >= 4 is 22.7 Å². The molecule has 0 atom stereocenters. The predicted molar refractivity (Wildman–Crippen MR) is 107 cm³/mol. The lowest BCUT2D eigenvalue weighted by atomic mass is 10.1. The van der Waals surface area contributed by atoms with Crippen LogP contribution in [0.25, 0.3) is 11.0 Å². The van der Waals surface area contributed by atoms with E-state index < -0.39 is 0 Å². The fourth-order valence-electron chi connectivity index (χ4n) is 3.22. The summed E-state index contributed by atoms with van der Waals surface area (Å²) in [5.41, 5.74) is 2.56. The summed E-state index contributed by atoms with van der Waals surface area (Å²) in [6.45, 7) is 3.35. The van der Waals surface area contributed by atoms with Gasteiger partial charge in [0.2, 0.25) is 5.91 Å². The second-order valence-corrected chi connectivity index (χ2v) is 6.79. The van der Waals surface area contributed by atoms with Gasteiger partial charge in [0.15, 0.2) is 5.78 Å². The molecule has 0 aliphatic rings. The number of rotatable bonds is 9. The van der Waals surface area contributed by atoms with Crippen molar-refractivity contribution in [3.8, 4) is 0 Å². The van der Waals surface area contributed by atoms with E-state index in [0.717, 1.165) is 29.8 Å². The van der Waals surface area contributed by atoms with Gasteiger partial charge >= 0.3 is 0 Å². The fourth-order valence-corrected chi connectivity index (χ4v) is 3.22. The maximum absolute atomic E-state index is 12.9. The molecule has 1 N–H and O–H groups in total. The number of para-hydroxylation sites is 2. The third-order valence-electron chi connectivity index (χ3n) is 4.70. The van der Waals surface area contributed by atoms with Crippen molar-refractivity contribution in [3.05, 3.63) is 65.7 Å². The van der Waals surface area contributed by atoms with Crippen LogP contribution in [0.15, 0.2) is 48.5 Å². The number of carbonyl (C=O) groups excluding carboxylic acids is 2. The molecule has 3 aromatic rings. The van der Waals surface area contributed by atoms with E-state index in [1.54, 1.807) is 0 Å². The van der Waals surface area contributed by atoms with E-state index in [-0.39, 0.29) is 23.9 Å². The summed E-state index contributed by atoms with van der Waals surface area (Å²) in [5.74, 6) is 0.469. The summed E-state index contributed by atoms with van der Waals surface area (Å²) in [6, 6.07) is 13.5. The Morgan fingerprint density at radius 3 is 2.57 bits per heavy atom. The normalized spacial score (nSPS) is 10.9. The van der Waals surface area contributed by atoms with Crippen LogP contribution in [-0.2, 0) is 11.3 Å². The number of ketones is 1. The van der Waals surface area contributed by atoms with Crippen molar-refractivity contribution in [3.63, 3.8) is 0 Å². The van der Waals surface area contributed by atoms with Gasteiger partial charge in [-0.05, 0) is 56.2 Å². The first-order chi connectivity index (χ1) is 13.5. The molecule has 1 aromatic heterocycles. The number of aromatic nitrogens is 2. The second kappa shape index (κ2) is 9.26. The molecule has 0 saturated carbocycles. The third kappa shape index (κ3) is 5.03. The molecule has 0 saturated heterocycles. The Morgan fingerprint density at radius 2 is 1.79 bits per heavy atom. The maximum atomic E-state index is 12.9. The largest absolute Gasteiger partial charge is 0.356 e. The van der Waals surface area contributed by atoms with Crippen LogP contribution >= 0.6 is 0 Å². The summed E-state index contributed by atoms with van der Waals surface area (Å²) >= 11 is 0. The number of Topliss-reactive ketones (excluding diaryl/α,β-unsaturated/α-hetero) is 1. The smallest absolute Gasteiger partial charge is 0.220 e. The summed E-state index contributed by atoms with van der Waals surface area (Å²) in [4.78, 5) is 28.5. The first kappa shape index (κ1) is 19.7. The molecular weight excluding hydrogens is 357 g/mol. The van der Waals surface area contributed by atoms with Gasteiger partial charge in [-0.15, -0.1) is 0 Å². The topological polar surface area (TPSA) is 64.0 Å². The standard InChI is InChI=1S/C22H24FN3O2/c1-16-25-19-6-2-3-7-20(19)26(16)15-5-14-24-22(28)9-4-8-21(27)17-10-12-18(23)13-11-17/h2-3,6-7,10-13H,4-5,8-9,14-15H2,1H3,(H,24,28). The highest BCUT2D eigenvalue weighted by Crippen LogP contribution is 2.15. The zero-order chi connectivity index (χ0) is 19.9.